The summed E-state index contributed by atoms with van der Waals surface area (Å²) in [4.78, 5) is 22.3. The number of carbonyl (C=O) groups excluding carboxylic acids is 2. The highest BCUT2D eigenvalue weighted by Crippen LogP contribution is 2.33. The van der Waals surface area contributed by atoms with Crippen LogP contribution >= 0.6 is 0 Å². The number of benzene rings is 1. The SMILES string of the molecule is NC(=O)COc1cccc(NC(=O)C2(N)CC2)c1. The van der Waals surface area contributed by atoms with Gasteiger partial charge in [-0.05, 0) is 25.0 Å². The second-order valence-corrected chi connectivity index (χ2v) is 4.39. The van der Waals surface area contributed by atoms with E-state index in [4.69, 9.17) is 16.2 Å². The molecule has 18 heavy (non-hydrogen) atoms. The van der Waals surface area contributed by atoms with Gasteiger partial charge in [-0.2, -0.15) is 0 Å². The van der Waals surface area contributed by atoms with Gasteiger partial charge >= 0.3 is 0 Å². The smallest absolute Gasteiger partial charge is 0.255 e. The fourth-order valence-corrected chi connectivity index (χ4v) is 1.44. The van der Waals surface area contributed by atoms with Gasteiger partial charge in [-0.15, -0.1) is 0 Å². The highest BCUT2D eigenvalue weighted by atomic mass is 16.5. The van der Waals surface area contributed by atoms with Gasteiger partial charge in [0.25, 0.3) is 5.91 Å². The second-order valence-electron chi connectivity index (χ2n) is 4.39. The molecule has 0 aliphatic heterocycles. The van der Waals surface area contributed by atoms with E-state index < -0.39 is 11.4 Å². The number of hydrogen-bond donors (Lipinski definition) is 3. The van der Waals surface area contributed by atoms with Crippen molar-refractivity contribution in [3.05, 3.63) is 24.3 Å². The third kappa shape index (κ3) is 2.98. The van der Waals surface area contributed by atoms with Crippen molar-refractivity contribution in [2.24, 2.45) is 11.5 Å². The van der Waals surface area contributed by atoms with Crippen molar-refractivity contribution in [1.82, 2.24) is 0 Å². The first-order chi connectivity index (χ1) is 8.49. The number of primary amides is 1. The Morgan fingerprint density at radius 3 is 2.72 bits per heavy atom. The number of nitrogens with two attached hydrogens (primary N) is 2. The fraction of sp³-hybridized carbons (Fsp3) is 0.333. The third-order valence-corrected chi connectivity index (χ3v) is 2.71. The molecule has 1 fully saturated rings. The van der Waals surface area contributed by atoms with Gasteiger partial charge in [0, 0.05) is 11.8 Å². The van der Waals surface area contributed by atoms with E-state index in [2.05, 4.69) is 5.32 Å². The van der Waals surface area contributed by atoms with Crippen molar-refractivity contribution in [3.63, 3.8) is 0 Å². The van der Waals surface area contributed by atoms with Crippen LogP contribution in [-0.4, -0.2) is 24.0 Å². The Kier molecular flexibility index (Phi) is 3.20. The maximum absolute atomic E-state index is 11.7. The molecule has 0 unspecified atom stereocenters. The van der Waals surface area contributed by atoms with Gasteiger partial charge in [0.15, 0.2) is 6.61 Å². The number of rotatable bonds is 5. The zero-order valence-corrected chi connectivity index (χ0v) is 9.81. The monoisotopic (exact) mass is 249 g/mol. The number of carbonyl (C=O) groups is 2. The van der Waals surface area contributed by atoms with Crippen molar-refractivity contribution < 1.29 is 14.3 Å². The molecule has 0 heterocycles. The molecule has 6 heteroatoms. The van der Waals surface area contributed by atoms with E-state index in [1.54, 1.807) is 24.3 Å². The van der Waals surface area contributed by atoms with Gasteiger partial charge in [0.2, 0.25) is 5.91 Å². The standard InChI is InChI=1S/C12H15N3O3/c13-10(16)7-18-9-3-1-2-8(6-9)15-11(17)12(14)4-5-12/h1-3,6H,4-5,7,14H2,(H2,13,16)(H,15,17). The number of anilines is 1. The van der Waals surface area contributed by atoms with Crippen LogP contribution in [0.25, 0.3) is 0 Å². The van der Waals surface area contributed by atoms with Crippen molar-refractivity contribution in [2.45, 2.75) is 18.4 Å². The van der Waals surface area contributed by atoms with E-state index in [1.807, 2.05) is 0 Å². The summed E-state index contributed by atoms with van der Waals surface area (Å²) in [7, 11) is 0. The number of hydrogen-bond acceptors (Lipinski definition) is 4. The zero-order valence-electron chi connectivity index (χ0n) is 9.81. The minimum Gasteiger partial charge on any atom is -0.484 e. The lowest BCUT2D eigenvalue weighted by Crippen LogP contribution is -2.37. The predicted molar refractivity (Wildman–Crippen MR) is 65.9 cm³/mol. The maximum atomic E-state index is 11.7. The van der Waals surface area contributed by atoms with Gasteiger partial charge < -0.3 is 21.5 Å². The van der Waals surface area contributed by atoms with E-state index in [-0.39, 0.29) is 12.5 Å². The summed E-state index contributed by atoms with van der Waals surface area (Å²) in [6.45, 7) is -0.196. The average Bonchev–Trinajstić information content (AvgIpc) is 3.07. The Hall–Kier alpha value is -2.08. The summed E-state index contributed by atoms with van der Waals surface area (Å²) in [6, 6.07) is 6.73. The van der Waals surface area contributed by atoms with Crippen LogP contribution in [0.3, 0.4) is 0 Å². The Balaban J connectivity index is 1.98. The number of amides is 2. The Morgan fingerprint density at radius 1 is 1.39 bits per heavy atom. The normalized spacial score (nSPS) is 15.8. The topological polar surface area (TPSA) is 107 Å². The van der Waals surface area contributed by atoms with E-state index >= 15 is 0 Å². The average molecular weight is 249 g/mol. The molecule has 0 bridgehead atoms. The molecule has 1 aliphatic carbocycles. The van der Waals surface area contributed by atoms with Crippen LogP contribution in [-0.2, 0) is 9.59 Å². The van der Waals surface area contributed by atoms with Crippen molar-refractivity contribution in [1.29, 1.82) is 0 Å². The summed E-state index contributed by atoms with van der Waals surface area (Å²) in [5, 5.41) is 2.71. The van der Waals surface area contributed by atoms with Crippen LogP contribution in [0.5, 0.6) is 5.75 Å². The second kappa shape index (κ2) is 4.66. The minimum atomic E-state index is -0.718. The fourth-order valence-electron chi connectivity index (χ4n) is 1.44. The number of nitrogens with one attached hydrogen (secondary N) is 1. The molecule has 2 amide bonds. The van der Waals surface area contributed by atoms with E-state index in [0.29, 0.717) is 24.3 Å². The molecule has 0 aromatic heterocycles. The lowest BCUT2D eigenvalue weighted by atomic mass is 10.2. The Morgan fingerprint density at radius 2 is 2.11 bits per heavy atom. The summed E-state index contributed by atoms with van der Waals surface area (Å²) in [5.74, 6) is -0.286. The molecule has 1 aromatic carbocycles. The summed E-state index contributed by atoms with van der Waals surface area (Å²) < 4.78 is 5.13. The summed E-state index contributed by atoms with van der Waals surface area (Å²) in [5.41, 5.74) is 10.6. The molecule has 0 saturated heterocycles. The molecule has 1 saturated carbocycles. The van der Waals surface area contributed by atoms with Crippen molar-refractivity contribution in [2.75, 3.05) is 11.9 Å². The quantitative estimate of drug-likeness (QED) is 0.681. The molecule has 1 aromatic rings. The van der Waals surface area contributed by atoms with Gasteiger partial charge in [-0.3, -0.25) is 9.59 Å². The predicted octanol–water partition coefficient (Wildman–Crippen LogP) is -0.0195. The lowest BCUT2D eigenvalue weighted by Gasteiger charge is -2.11. The molecule has 96 valence electrons. The van der Waals surface area contributed by atoms with E-state index in [1.165, 1.54) is 0 Å². The molecule has 0 radical (unpaired) electrons. The van der Waals surface area contributed by atoms with Gasteiger partial charge in [0.1, 0.15) is 5.75 Å². The lowest BCUT2D eigenvalue weighted by molar-refractivity contribution is -0.120. The van der Waals surface area contributed by atoms with Crippen molar-refractivity contribution >= 4 is 17.5 Å². The van der Waals surface area contributed by atoms with Crippen LogP contribution in [0, 0.1) is 0 Å². The van der Waals surface area contributed by atoms with Crippen LogP contribution in [0.15, 0.2) is 24.3 Å². The molecule has 0 spiro atoms. The molecule has 6 nitrogen and oxygen atoms in total. The first-order valence-corrected chi connectivity index (χ1v) is 5.61. The minimum absolute atomic E-state index is 0.196. The Labute approximate surface area is 104 Å². The van der Waals surface area contributed by atoms with E-state index in [0.717, 1.165) is 0 Å². The Bertz CT molecular complexity index is 483. The van der Waals surface area contributed by atoms with Crippen LogP contribution in [0.2, 0.25) is 0 Å². The maximum Gasteiger partial charge on any atom is 0.255 e. The number of ether oxygens (including phenoxy) is 1. The first-order valence-electron chi connectivity index (χ1n) is 5.61. The zero-order chi connectivity index (χ0) is 13.2. The van der Waals surface area contributed by atoms with Gasteiger partial charge in [-0.1, -0.05) is 6.07 Å². The largest absolute Gasteiger partial charge is 0.484 e. The summed E-state index contributed by atoms with van der Waals surface area (Å²) >= 11 is 0. The van der Waals surface area contributed by atoms with Crippen LogP contribution in [0.1, 0.15) is 12.8 Å². The van der Waals surface area contributed by atoms with Gasteiger partial charge in [-0.25, -0.2) is 0 Å². The van der Waals surface area contributed by atoms with Crippen molar-refractivity contribution in [3.8, 4) is 5.75 Å². The summed E-state index contributed by atoms with van der Waals surface area (Å²) in [6.07, 6.45) is 1.41. The van der Waals surface area contributed by atoms with Crippen LogP contribution < -0.4 is 21.5 Å². The first kappa shape index (κ1) is 12.4. The molecule has 2 rings (SSSR count). The molecular formula is C12H15N3O3. The van der Waals surface area contributed by atoms with E-state index in [9.17, 15) is 9.59 Å². The van der Waals surface area contributed by atoms with Crippen LogP contribution in [0.4, 0.5) is 5.69 Å². The highest BCUT2D eigenvalue weighted by Gasteiger charge is 2.45. The highest BCUT2D eigenvalue weighted by molar-refractivity contribution is 6.00. The molecule has 1 aliphatic rings. The molecule has 5 N–H and O–H groups in total. The molecular weight excluding hydrogens is 234 g/mol. The molecule has 0 atom stereocenters. The van der Waals surface area contributed by atoms with Gasteiger partial charge in [0.05, 0.1) is 5.54 Å². The third-order valence-electron chi connectivity index (χ3n) is 2.71.